The van der Waals surface area contributed by atoms with Crippen LogP contribution in [0.1, 0.15) is 42.0 Å². The molecule has 0 spiro atoms. The van der Waals surface area contributed by atoms with Crippen LogP contribution in [0.2, 0.25) is 0 Å². The number of nitrogens with zero attached hydrogens (tertiary/aromatic N) is 1. The summed E-state index contributed by atoms with van der Waals surface area (Å²) < 4.78 is 10.5. The molecule has 0 aliphatic rings. The Kier molecular flexibility index (Phi) is 4.66. The first kappa shape index (κ1) is 16.3. The van der Waals surface area contributed by atoms with E-state index in [-0.39, 0.29) is 23.6 Å². The number of methoxy groups -OCH3 is 1. The molecule has 0 radical (unpaired) electrons. The Balaban J connectivity index is 1.81. The minimum absolute atomic E-state index is 0.169. The molecule has 0 aliphatic carbocycles. The number of aromatic nitrogens is 2. The van der Waals surface area contributed by atoms with Crippen LogP contribution in [0.25, 0.3) is 11.0 Å². The van der Waals surface area contributed by atoms with Gasteiger partial charge in [0, 0.05) is 7.11 Å². The molecular weight excluding hydrogens is 306 g/mol. The van der Waals surface area contributed by atoms with Crippen molar-refractivity contribution >= 4 is 16.9 Å². The molecule has 6 nitrogen and oxygen atoms in total. The predicted octanol–water partition coefficient (Wildman–Crippen LogP) is 3.43. The van der Waals surface area contributed by atoms with Crippen LogP contribution in [0.5, 0.6) is 0 Å². The van der Waals surface area contributed by atoms with E-state index in [9.17, 15) is 4.79 Å². The minimum atomic E-state index is -0.267. The number of para-hydroxylation sites is 2. The van der Waals surface area contributed by atoms with Crippen molar-refractivity contribution in [3.63, 3.8) is 0 Å². The zero-order valence-corrected chi connectivity index (χ0v) is 14.0. The van der Waals surface area contributed by atoms with Gasteiger partial charge in [-0.25, -0.2) is 4.98 Å². The predicted molar refractivity (Wildman–Crippen MR) is 90.6 cm³/mol. The summed E-state index contributed by atoms with van der Waals surface area (Å²) in [4.78, 5) is 20.4. The number of hydrogen-bond acceptors (Lipinski definition) is 4. The van der Waals surface area contributed by atoms with Crippen LogP contribution in [0.4, 0.5) is 0 Å². The van der Waals surface area contributed by atoms with Gasteiger partial charge in [0.1, 0.15) is 18.2 Å². The maximum absolute atomic E-state index is 12.5. The number of furan rings is 1. The highest BCUT2D eigenvalue weighted by Crippen LogP contribution is 2.23. The molecule has 0 saturated carbocycles. The molecule has 2 N–H and O–H groups in total. The van der Waals surface area contributed by atoms with Gasteiger partial charge in [-0.3, -0.25) is 4.79 Å². The van der Waals surface area contributed by atoms with Gasteiger partial charge in [0.15, 0.2) is 5.76 Å². The average Bonchev–Trinajstić information content (AvgIpc) is 3.18. The van der Waals surface area contributed by atoms with E-state index in [1.54, 1.807) is 19.2 Å². The van der Waals surface area contributed by atoms with E-state index in [0.29, 0.717) is 12.4 Å². The quantitative estimate of drug-likeness (QED) is 0.727. The number of benzene rings is 1. The summed E-state index contributed by atoms with van der Waals surface area (Å²) in [6, 6.07) is 11.0. The number of ether oxygens (including phenoxy) is 1. The summed E-state index contributed by atoms with van der Waals surface area (Å²) in [5, 5.41) is 3.00. The van der Waals surface area contributed by atoms with Gasteiger partial charge < -0.3 is 19.5 Å². The Morgan fingerprint density at radius 3 is 2.79 bits per heavy atom. The molecule has 1 unspecified atom stereocenters. The molecule has 24 heavy (non-hydrogen) atoms. The van der Waals surface area contributed by atoms with Gasteiger partial charge >= 0.3 is 0 Å². The topological polar surface area (TPSA) is 80.1 Å². The first-order valence-electron chi connectivity index (χ1n) is 7.91. The van der Waals surface area contributed by atoms with Crippen LogP contribution in [0.3, 0.4) is 0 Å². The van der Waals surface area contributed by atoms with Gasteiger partial charge in [-0.2, -0.15) is 0 Å². The van der Waals surface area contributed by atoms with Crippen LogP contribution in [-0.2, 0) is 11.3 Å². The van der Waals surface area contributed by atoms with Crippen LogP contribution < -0.4 is 5.32 Å². The summed E-state index contributed by atoms with van der Waals surface area (Å²) in [5.41, 5.74) is 1.83. The number of nitrogens with one attached hydrogen (secondary N) is 2. The van der Waals surface area contributed by atoms with Crippen molar-refractivity contribution in [3.8, 4) is 0 Å². The average molecular weight is 327 g/mol. The van der Waals surface area contributed by atoms with E-state index in [2.05, 4.69) is 15.3 Å². The SMILES string of the molecule is COCc1ccc(C(=O)NC(c2nc3ccccc3[nH]2)C(C)C)o1. The molecule has 2 heterocycles. The lowest BCUT2D eigenvalue weighted by atomic mass is 10.0. The molecule has 0 fully saturated rings. The van der Waals surface area contributed by atoms with Crippen molar-refractivity contribution in [3.05, 3.63) is 53.7 Å². The van der Waals surface area contributed by atoms with Crippen LogP contribution in [0.15, 0.2) is 40.8 Å². The highest BCUT2D eigenvalue weighted by molar-refractivity contribution is 5.91. The molecule has 2 aromatic heterocycles. The molecule has 3 aromatic rings. The smallest absolute Gasteiger partial charge is 0.287 e. The Morgan fingerprint density at radius 2 is 2.08 bits per heavy atom. The highest BCUT2D eigenvalue weighted by atomic mass is 16.5. The fourth-order valence-electron chi connectivity index (χ4n) is 2.60. The molecule has 1 amide bonds. The van der Waals surface area contributed by atoms with Gasteiger partial charge in [0.2, 0.25) is 0 Å². The van der Waals surface area contributed by atoms with Gasteiger partial charge in [-0.05, 0) is 30.2 Å². The third-order valence-electron chi connectivity index (χ3n) is 3.83. The summed E-state index contributed by atoms with van der Waals surface area (Å²) >= 11 is 0. The Morgan fingerprint density at radius 1 is 1.29 bits per heavy atom. The van der Waals surface area contributed by atoms with Crippen molar-refractivity contribution in [2.45, 2.75) is 26.5 Å². The summed E-state index contributed by atoms with van der Waals surface area (Å²) in [7, 11) is 1.58. The minimum Gasteiger partial charge on any atom is -0.453 e. The van der Waals surface area contributed by atoms with E-state index >= 15 is 0 Å². The normalized spacial score (nSPS) is 12.7. The zero-order chi connectivity index (χ0) is 17.1. The highest BCUT2D eigenvalue weighted by Gasteiger charge is 2.23. The number of amides is 1. The van der Waals surface area contributed by atoms with E-state index in [0.717, 1.165) is 16.9 Å². The van der Waals surface area contributed by atoms with Gasteiger partial charge in [0.05, 0.1) is 17.1 Å². The van der Waals surface area contributed by atoms with Gasteiger partial charge in [0.25, 0.3) is 5.91 Å². The van der Waals surface area contributed by atoms with E-state index < -0.39 is 0 Å². The number of carbonyl (C=O) groups is 1. The number of H-pyrrole nitrogens is 1. The number of carbonyl (C=O) groups excluding carboxylic acids is 1. The maximum atomic E-state index is 12.5. The number of hydrogen-bond donors (Lipinski definition) is 2. The summed E-state index contributed by atoms with van der Waals surface area (Å²) in [5.74, 6) is 1.53. The second kappa shape index (κ2) is 6.88. The van der Waals surface area contributed by atoms with Crippen LogP contribution >= 0.6 is 0 Å². The van der Waals surface area contributed by atoms with E-state index in [4.69, 9.17) is 9.15 Å². The van der Waals surface area contributed by atoms with E-state index in [1.807, 2.05) is 38.1 Å². The molecule has 126 valence electrons. The number of rotatable bonds is 6. The standard InChI is InChI=1S/C18H21N3O3/c1-11(2)16(17-19-13-6-4-5-7-14(13)20-17)21-18(22)15-9-8-12(24-15)10-23-3/h4-9,11,16H,10H2,1-3H3,(H,19,20)(H,21,22). The van der Waals surface area contributed by atoms with Crippen molar-refractivity contribution in [1.29, 1.82) is 0 Å². The lowest BCUT2D eigenvalue weighted by Crippen LogP contribution is -2.32. The van der Waals surface area contributed by atoms with E-state index in [1.165, 1.54) is 0 Å². The maximum Gasteiger partial charge on any atom is 0.287 e. The van der Waals surface area contributed by atoms with Crippen molar-refractivity contribution < 1.29 is 13.9 Å². The number of aromatic amines is 1. The Hall–Kier alpha value is -2.60. The molecule has 6 heteroatoms. The zero-order valence-electron chi connectivity index (χ0n) is 14.0. The Labute approximate surface area is 140 Å². The van der Waals surface area contributed by atoms with Crippen molar-refractivity contribution in [2.75, 3.05) is 7.11 Å². The van der Waals surface area contributed by atoms with Crippen molar-refractivity contribution in [1.82, 2.24) is 15.3 Å². The van der Waals surface area contributed by atoms with Crippen LogP contribution in [0, 0.1) is 5.92 Å². The lowest BCUT2D eigenvalue weighted by Gasteiger charge is -2.19. The second-order valence-corrected chi connectivity index (χ2v) is 6.03. The first-order chi connectivity index (χ1) is 11.6. The third-order valence-corrected chi connectivity index (χ3v) is 3.83. The number of imidazole rings is 1. The molecular formula is C18H21N3O3. The molecule has 1 atom stereocenters. The van der Waals surface area contributed by atoms with Gasteiger partial charge in [-0.15, -0.1) is 0 Å². The molecule has 0 bridgehead atoms. The Bertz CT molecular complexity index is 802. The summed E-state index contributed by atoms with van der Waals surface area (Å²) in [6.07, 6.45) is 0. The first-order valence-corrected chi connectivity index (χ1v) is 7.91. The fraction of sp³-hybridized carbons (Fsp3) is 0.333. The summed E-state index contributed by atoms with van der Waals surface area (Å²) in [6.45, 7) is 4.41. The largest absolute Gasteiger partial charge is 0.453 e. The number of fused-ring (bicyclic) bond motifs is 1. The van der Waals surface area contributed by atoms with Gasteiger partial charge in [-0.1, -0.05) is 26.0 Å². The molecule has 3 rings (SSSR count). The van der Waals surface area contributed by atoms with Crippen LogP contribution in [-0.4, -0.2) is 23.0 Å². The fourth-order valence-corrected chi connectivity index (χ4v) is 2.60. The third kappa shape index (κ3) is 3.33. The second-order valence-electron chi connectivity index (χ2n) is 6.03. The molecule has 0 saturated heterocycles. The molecule has 1 aromatic carbocycles. The lowest BCUT2D eigenvalue weighted by molar-refractivity contribution is 0.0886. The molecule has 0 aliphatic heterocycles. The monoisotopic (exact) mass is 327 g/mol. The van der Waals surface area contributed by atoms with Crippen molar-refractivity contribution in [2.24, 2.45) is 5.92 Å².